The highest BCUT2D eigenvalue weighted by atomic mass is 79.9. The number of unbranched alkanes of at least 4 members (excludes halogenated alkanes) is 9. The number of hydrogen-bond acceptors (Lipinski definition) is 1. The van der Waals surface area contributed by atoms with E-state index in [1.165, 1.54) is 165 Å². The van der Waals surface area contributed by atoms with Gasteiger partial charge >= 0.3 is 0 Å². The first kappa shape index (κ1) is 45.1. The van der Waals surface area contributed by atoms with Gasteiger partial charge in [-0.1, -0.05) is 225 Å². The highest BCUT2D eigenvalue weighted by Gasteiger charge is 2.57. The quantitative estimate of drug-likeness (QED) is 0.0708. The summed E-state index contributed by atoms with van der Waals surface area (Å²) < 4.78 is 2.23. The van der Waals surface area contributed by atoms with E-state index < -0.39 is 10.8 Å². The van der Waals surface area contributed by atoms with Crippen LogP contribution < -0.4 is 0 Å². The first-order valence-corrected chi connectivity index (χ1v) is 26.9. The molecular weight excluding hydrogens is 925 g/mol. The van der Waals surface area contributed by atoms with Gasteiger partial charge in [0, 0.05) is 18.7 Å². The Morgan fingerprint density at radius 3 is 1.05 bits per heavy atom. The molecule has 0 nitrogen and oxygen atoms in total. The third-order valence-corrected chi connectivity index (χ3v) is 16.8. The van der Waals surface area contributed by atoms with Gasteiger partial charge in [-0.15, -0.1) is 11.3 Å². The van der Waals surface area contributed by atoms with Crippen molar-refractivity contribution in [1.29, 1.82) is 0 Å². The van der Waals surface area contributed by atoms with Crippen LogP contribution in [-0.2, 0) is 30.1 Å². The Bertz CT molecular complexity index is 2630. The first-order chi connectivity index (χ1) is 31.3. The summed E-state index contributed by atoms with van der Waals surface area (Å²) in [6.07, 6.45) is 18.6. The van der Waals surface area contributed by atoms with Crippen LogP contribution in [0.3, 0.4) is 0 Å². The molecule has 0 aliphatic heterocycles. The zero-order valence-corrected chi connectivity index (χ0v) is 42.5. The van der Waals surface area contributed by atoms with E-state index in [4.69, 9.17) is 0 Å². The minimum atomic E-state index is -0.561. The summed E-state index contributed by atoms with van der Waals surface area (Å²) in [6.45, 7) is 9.12. The lowest BCUT2D eigenvalue weighted by Crippen LogP contribution is -2.35. The maximum Gasteiger partial charge on any atom is 0.0725 e. The zero-order chi connectivity index (χ0) is 44.3. The summed E-state index contributed by atoms with van der Waals surface area (Å²) in [4.78, 5) is 2.80. The van der Waals surface area contributed by atoms with Crippen LogP contribution in [-0.4, -0.2) is 0 Å². The van der Waals surface area contributed by atoms with Crippen molar-refractivity contribution in [2.75, 3.05) is 0 Å². The van der Waals surface area contributed by atoms with Crippen LogP contribution >= 0.6 is 43.2 Å². The van der Waals surface area contributed by atoms with Crippen molar-refractivity contribution in [3.63, 3.8) is 0 Å². The van der Waals surface area contributed by atoms with Gasteiger partial charge in [-0.2, -0.15) is 0 Å². The molecule has 2 aliphatic carbocycles. The van der Waals surface area contributed by atoms with Crippen molar-refractivity contribution >= 4 is 43.2 Å². The molecule has 0 N–H and O–H groups in total. The van der Waals surface area contributed by atoms with E-state index in [0.717, 1.165) is 28.2 Å². The van der Waals surface area contributed by atoms with Crippen LogP contribution in [0, 0.1) is 6.92 Å². The SMILES string of the molecule is CCCCCCc1ccc(C2(c3ccc(C)cc3)c3cc(Br)ccc3-c3sc4c(c32)C(c2ccc(CCCCCC)cc2)(c2ccc(CCCCCC)cc2)c2cc(Br)ccc2-4)cc1. The molecule has 0 bridgehead atoms. The highest BCUT2D eigenvalue weighted by molar-refractivity contribution is 9.10. The van der Waals surface area contributed by atoms with Gasteiger partial charge in [-0.05, 0) is 142 Å². The molecule has 64 heavy (non-hydrogen) atoms. The van der Waals surface area contributed by atoms with E-state index in [1.54, 1.807) is 0 Å². The van der Waals surface area contributed by atoms with Crippen LogP contribution in [0.1, 0.15) is 165 Å². The van der Waals surface area contributed by atoms with Gasteiger partial charge in [0.05, 0.1) is 10.8 Å². The van der Waals surface area contributed by atoms with E-state index in [-0.39, 0.29) is 0 Å². The van der Waals surface area contributed by atoms with Gasteiger partial charge in [-0.3, -0.25) is 0 Å². The molecule has 3 heteroatoms. The van der Waals surface area contributed by atoms with Crippen LogP contribution in [0.2, 0.25) is 0 Å². The van der Waals surface area contributed by atoms with Crippen molar-refractivity contribution < 1.29 is 0 Å². The summed E-state index contributed by atoms with van der Waals surface area (Å²) in [5.74, 6) is 0. The molecule has 1 aromatic heterocycles. The normalized spacial score (nSPS) is 15.5. The second-order valence-electron chi connectivity index (χ2n) is 18.8. The Labute approximate surface area is 405 Å². The van der Waals surface area contributed by atoms with Crippen LogP contribution in [0.5, 0.6) is 0 Å². The Hall–Kier alpha value is -4.02. The second kappa shape index (κ2) is 19.8. The van der Waals surface area contributed by atoms with Crippen molar-refractivity contribution in [1.82, 2.24) is 0 Å². The molecule has 0 amide bonds. The van der Waals surface area contributed by atoms with Gasteiger partial charge in [0.2, 0.25) is 0 Å². The molecule has 6 aromatic carbocycles. The maximum absolute atomic E-state index is 4.03. The summed E-state index contributed by atoms with van der Waals surface area (Å²) in [5.41, 5.74) is 18.1. The van der Waals surface area contributed by atoms with Gasteiger partial charge < -0.3 is 0 Å². The number of halogens is 2. The third-order valence-electron chi connectivity index (χ3n) is 14.5. The fraction of sp³-hybridized carbons (Fsp3) is 0.344. The Morgan fingerprint density at radius 1 is 0.391 bits per heavy atom. The molecular formula is C61H64Br2S. The molecule has 9 rings (SSSR count). The lowest BCUT2D eigenvalue weighted by atomic mass is 9.61. The third kappa shape index (κ3) is 8.15. The van der Waals surface area contributed by atoms with Crippen LogP contribution in [0.15, 0.2) is 142 Å². The number of fused-ring (bicyclic) bond motifs is 7. The van der Waals surface area contributed by atoms with E-state index >= 15 is 0 Å². The molecule has 328 valence electrons. The van der Waals surface area contributed by atoms with Crippen molar-refractivity contribution in [3.8, 4) is 20.9 Å². The van der Waals surface area contributed by atoms with Gasteiger partial charge in [-0.25, -0.2) is 0 Å². The molecule has 1 atom stereocenters. The molecule has 0 radical (unpaired) electrons. The van der Waals surface area contributed by atoms with Crippen LogP contribution in [0.4, 0.5) is 0 Å². The zero-order valence-electron chi connectivity index (χ0n) is 38.5. The Balaban J connectivity index is 1.34. The van der Waals surface area contributed by atoms with E-state index in [9.17, 15) is 0 Å². The number of rotatable bonds is 19. The standard InChI is InChI=1S/C61H64Br2S/c1-5-8-11-14-17-43-22-30-47(31-23-43)60(46-28-20-42(4)21-29-46)54-40-50(62)36-38-52(54)58-56(60)57-59(64-58)53-39-37-51(63)41-55(53)61(57,48-32-24-44(25-33-48)18-15-12-9-6-2)49-34-26-45(27-35-49)19-16-13-10-7-3/h20-41H,5-19H2,1-4H3. The van der Waals surface area contributed by atoms with Crippen molar-refractivity contribution in [2.45, 2.75) is 135 Å². The monoisotopic (exact) mass is 986 g/mol. The summed E-state index contributed by atoms with van der Waals surface area (Å²) in [7, 11) is 0. The smallest absolute Gasteiger partial charge is 0.0725 e. The van der Waals surface area contributed by atoms with Gasteiger partial charge in [0.1, 0.15) is 0 Å². The lowest BCUT2D eigenvalue weighted by molar-refractivity contribution is 0.665. The van der Waals surface area contributed by atoms with Crippen molar-refractivity contribution in [3.05, 3.63) is 209 Å². The average Bonchev–Trinajstić information content (AvgIpc) is 3.92. The minimum Gasteiger partial charge on any atom is -0.134 e. The fourth-order valence-corrected chi connectivity index (χ4v) is 13.4. The van der Waals surface area contributed by atoms with Crippen LogP contribution in [0.25, 0.3) is 20.9 Å². The van der Waals surface area contributed by atoms with Gasteiger partial charge in [0.15, 0.2) is 0 Å². The average molecular weight is 989 g/mol. The molecule has 0 fully saturated rings. The largest absolute Gasteiger partial charge is 0.134 e. The maximum atomic E-state index is 4.03. The summed E-state index contributed by atoms with van der Waals surface area (Å²) in [5, 5.41) is 0. The number of thiophene rings is 1. The predicted octanol–water partition coefficient (Wildman–Crippen LogP) is 18.7. The molecule has 0 spiro atoms. The number of benzene rings is 6. The summed E-state index contributed by atoms with van der Waals surface area (Å²) in [6, 6.07) is 53.4. The van der Waals surface area contributed by atoms with E-state index in [0.29, 0.717) is 0 Å². The predicted molar refractivity (Wildman–Crippen MR) is 283 cm³/mol. The minimum absolute atomic E-state index is 0.560. The first-order valence-electron chi connectivity index (χ1n) is 24.5. The topological polar surface area (TPSA) is 0 Å². The van der Waals surface area contributed by atoms with Crippen molar-refractivity contribution in [2.24, 2.45) is 0 Å². The molecule has 0 saturated heterocycles. The van der Waals surface area contributed by atoms with E-state index in [2.05, 4.69) is 193 Å². The van der Waals surface area contributed by atoms with Gasteiger partial charge in [0.25, 0.3) is 0 Å². The number of hydrogen-bond donors (Lipinski definition) is 0. The Kier molecular flexibility index (Phi) is 14.0. The Morgan fingerprint density at radius 2 is 0.719 bits per heavy atom. The molecule has 2 aliphatic rings. The second-order valence-corrected chi connectivity index (χ2v) is 21.6. The molecule has 7 aromatic rings. The fourth-order valence-electron chi connectivity index (χ4n) is 11.2. The lowest BCUT2D eigenvalue weighted by Gasteiger charge is -2.40. The molecule has 0 saturated carbocycles. The highest BCUT2D eigenvalue weighted by Crippen LogP contribution is 2.69. The van der Waals surface area contributed by atoms with E-state index in [1.807, 2.05) is 11.3 Å². The molecule has 1 heterocycles. The number of aryl methyl sites for hydroxylation is 4. The molecule has 1 unspecified atom stereocenters. The summed E-state index contributed by atoms with van der Waals surface area (Å²) >= 11 is 10.1.